The van der Waals surface area contributed by atoms with E-state index in [1.807, 2.05) is 0 Å². The minimum Gasteiger partial charge on any atom is -0.480 e. The van der Waals surface area contributed by atoms with Crippen molar-refractivity contribution in [1.29, 1.82) is 0 Å². The van der Waals surface area contributed by atoms with Crippen molar-refractivity contribution >= 4 is 5.97 Å². The molecule has 10 heteroatoms. The number of hydrogen-bond acceptors (Lipinski definition) is 6. The molecule has 7 nitrogen and oxygen atoms in total. The number of carbonyl (C=O) groups is 1. The molecule has 0 saturated carbocycles. The quantitative estimate of drug-likeness (QED) is 0.705. The molecular formula is C9H11F3N2O5. The van der Waals surface area contributed by atoms with E-state index < -0.39 is 25.4 Å². The second kappa shape index (κ2) is 7.04. The Morgan fingerprint density at radius 3 is 2.58 bits per heavy atom. The van der Waals surface area contributed by atoms with Crippen LogP contribution < -0.4 is 0 Å². The first-order valence-electron chi connectivity index (χ1n) is 5.12. The lowest BCUT2D eigenvalue weighted by molar-refractivity contribution is -0.173. The first-order chi connectivity index (χ1) is 8.87. The molecule has 108 valence electrons. The molecule has 0 aromatic carbocycles. The van der Waals surface area contributed by atoms with Gasteiger partial charge in [-0.2, -0.15) is 13.2 Å². The van der Waals surface area contributed by atoms with E-state index in [-0.39, 0.29) is 31.4 Å². The van der Waals surface area contributed by atoms with Gasteiger partial charge in [-0.05, 0) is 0 Å². The Morgan fingerprint density at radius 2 is 1.95 bits per heavy atom. The Hall–Kier alpha value is -1.68. The van der Waals surface area contributed by atoms with Gasteiger partial charge in [-0.25, -0.2) is 4.79 Å². The summed E-state index contributed by atoms with van der Waals surface area (Å²) in [7, 11) is 0. The van der Waals surface area contributed by atoms with Crippen molar-refractivity contribution in [2.45, 2.75) is 19.2 Å². The zero-order chi connectivity index (χ0) is 14.3. The van der Waals surface area contributed by atoms with E-state index in [0.717, 1.165) is 0 Å². The van der Waals surface area contributed by atoms with Crippen molar-refractivity contribution in [3.63, 3.8) is 0 Å². The van der Waals surface area contributed by atoms with Crippen LogP contribution >= 0.6 is 0 Å². The zero-order valence-corrected chi connectivity index (χ0v) is 9.64. The Labute approximate surface area is 105 Å². The molecule has 1 heterocycles. The molecule has 0 fully saturated rings. The standard InChI is InChI=1S/C9H11F3N2O5/c10-9(11,12)5-17-2-1-6-13-14-7(19-6)3-18-4-8(15)16/h1-5H2,(H,15,16). The van der Waals surface area contributed by atoms with E-state index in [9.17, 15) is 18.0 Å². The minimum atomic E-state index is -4.37. The molecule has 1 aromatic heterocycles. The number of aromatic nitrogens is 2. The van der Waals surface area contributed by atoms with Crippen LogP contribution in [0.25, 0.3) is 0 Å². The molecule has 0 aliphatic carbocycles. The number of alkyl halides is 3. The number of aliphatic carboxylic acids is 1. The number of carboxylic acid groups (broad SMARTS) is 1. The highest BCUT2D eigenvalue weighted by molar-refractivity contribution is 5.67. The van der Waals surface area contributed by atoms with Crippen molar-refractivity contribution in [3.05, 3.63) is 11.8 Å². The van der Waals surface area contributed by atoms with Crippen LogP contribution in [0, 0.1) is 0 Å². The number of rotatable bonds is 8. The molecule has 0 bridgehead atoms. The largest absolute Gasteiger partial charge is 0.480 e. The third kappa shape index (κ3) is 7.36. The van der Waals surface area contributed by atoms with E-state index in [1.54, 1.807) is 0 Å². The maximum absolute atomic E-state index is 11.7. The summed E-state index contributed by atoms with van der Waals surface area (Å²) in [4.78, 5) is 10.2. The first-order valence-corrected chi connectivity index (χ1v) is 5.12. The van der Waals surface area contributed by atoms with Crippen molar-refractivity contribution < 1.29 is 37.0 Å². The van der Waals surface area contributed by atoms with Crippen LogP contribution in [0.2, 0.25) is 0 Å². The van der Waals surface area contributed by atoms with Crippen molar-refractivity contribution in [3.8, 4) is 0 Å². The summed E-state index contributed by atoms with van der Waals surface area (Å²) >= 11 is 0. The summed E-state index contributed by atoms with van der Waals surface area (Å²) in [6, 6.07) is 0. The average Bonchev–Trinajstić information content (AvgIpc) is 2.71. The molecule has 1 rings (SSSR count). The third-order valence-electron chi connectivity index (χ3n) is 1.69. The van der Waals surface area contributed by atoms with Gasteiger partial charge in [-0.1, -0.05) is 0 Å². The monoisotopic (exact) mass is 284 g/mol. The van der Waals surface area contributed by atoms with Gasteiger partial charge < -0.3 is 19.0 Å². The van der Waals surface area contributed by atoms with Gasteiger partial charge in [-0.3, -0.25) is 0 Å². The average molecular weight is 284 g/mol. The summed E-state index contributed by atoms with van der Waals surface area (Å²) < 4.78 is 49.3. The molecule has 1 aromatic rings. The van der Waals surface area contributed by atoms with Crippen LogP contribution in [0.5, 0.6) is 0 Å². The third-order valence-corrected chi connectivity index (χ3v) is 1.69. The first kappa shape index (κ1) is 15.4. The SMILES string of the molecule is O=C(O)COCc1nnc(CCOCC(F)(F)F)o1. The molecule has 0 amide bonds. The van der Waals surface area contributed by atoms with Crippen LogP contribution in [-0.4, -0.2) is 47.3 Å². The Morgan fingerprint density at radius 1 is 1.26 bits per heavy atom. The molecule has 0 aliphatic heterocycles. The summed E-state index contributed by atoms with van der Waals surface area (Å²) in [5, 5.41) is 15.4. The van der Waals surface area contributed by atoms with E-state index in [0.29, 0.717) is 0 Å². The maximum Gasteiger partial charge on any atom is 0.411 e. The second-order valence-corrected chi connectivity index (χ2v) is 3.39. The van der Waals surface area contributed by atoms with E-state index in [2.05, 4.69) is 19.7 Å². The lowest BCUT2D eigenvalue weighted by Gasteiger charge is -2.05. The fourth-order valence-electron chi connectivity index (χ4n) is 1.02. The van der Waals surface area contributed by atoms with Gasteiger partial charge in [0.15, 0.2) is 0 Å². The zero-order valence-electron chi connectivity index (χ0n) is 9.64. The Balaban J connectivity index is 2.21. The van der Waals surface area contributed by atoms with Crippen LogP contribution in [0.3, 0.4) is 0 Å². The summed E-state index contributed by atoms with van der Waals surface area (Å²) in [5.74, 6) is -0.997. The molecule has 0 aliphatic rings. The highest BCUT2D eigenvalue weighted by Gasteiger charge is 2.27. The van der Waals surface area contributed by atoms with Gasteiger partial charge in [0.05, 0.1) is 6.61 Å². The summed E-state index contributed by atoms with van der Waals surface area (Å²) in [6.45, 7) is -2.23. The van der Waals surface area contributed by atoms with Crippen LogP contribution in [0.4, 0.5) is 13.2 Å². The van der Waals surface area contributed by atoms with Gasteiger partial charge in [0.1, 0.15) is 19.8 Å². The number of nitrogens with zero attached hydrogens (tertiary/aromatic N) is 2. The van der Waals surface area contributed by atoms with Gasteiger partial charge in [0.2, 0.25) is 11.8 Å². The van der Waals surface area contributed by atoms with E-state index >= 15 is 0 Å². The normalized spacial score (nSPS) is 11.7. The van der Waals surface area contributed by atoms with Crippen LogP contribution in [0.1, 0.15) is 11.8 Å². The van der Waals surface area contributed by atoms with Gasteiger partial charge in [0, 0.05) is 6.42 Å². The fraction of sp³-hybridized carbons (Fsp3) is 0.667. The minimum absolute atomic E-state index is 0.0298. The molecular weight excluding hydrogens is 273 g/mol. The number of ether oxygens (including phenoxy) is 2. The molecule has 0 atom stereocenters. The lowest BCUT2D eigenvalue weighted by atomic mass is 10.4. The molecule has 1 N–H and O–H groups in total. The topological polar surface area (TPSA) is 94.7 Å². The molecule has 0 radical (unpaired) electrons. The smallest absolute Gasteiger partial charge is 0.411 e. The van der Waals surface area contributed by atoms with Gasteiger partial charge >= 0.3 is 12.1 Å². The second-order valence-electron chi connectivity index (χ2n) is 3.39. The van der Waals surface area contributed by atoms with Crippen molar-refractivity contribution in [2.75, 3.05) is 19.8 Å². The van der Waals surface area contributed by atoms with E-state index in [4.69, 9.17) is 9.52 Å². The summed E-state index contributed by atoms with van der Waals surface area (Å²) in [5.41, 5.74) is 0. The predicted molar refractivity (Wildman–Crippen MR) is 52.2 cm³/mol. The van der Waals surface area contributed by atoms with Crippen molar-refractivity contribution in [2.24, 2.45) is 0 Å². The highest BCUT2D eigenvalue weighted by Crippen LogP contribution is 2.14. The van der Waals surface area contributed by atoms with Crippen LogP contribution in [-0.2, 0) is 27.3 Å². The number of carboxylic acids is 1. The van der Waals surface area contributed by atoms with Gasteiger partial charge in [-0.15, -0.1) is 10.2 Å². The number of halogens is 3. The van der Waals surface area contributed by atoms with E-state index in [1.165, 1.54) is 0 Å². The molecule has 0 saturated heterocycles. The Bertz CT molecular complexity index is 407. The van der Waals surface area contributed by atoms with Gasteiger partial charge in [0.25, 0.3) is 0 Å². The molecule has 0 spiro atoms. The molecule has 0 unspecified atom stereocenters. The van der Waals surface area contributed by atoms with Crippen molar-refractivity contribution in [1.82, 2.24) is 10.2 Å². The molecule has 19 heavy (non-hydrogen) atoms. The Kier molecular flexibility index (Phi) is 5.70. The van der Waals surface area contributed by atoms with Crippen LogP contribution in [0.15, 0.2) is 4.42 Å². The lowest BCUT2D eigenvalue weighted by Crippen LogP contribution is -2.18. The number of hydrogen-bond donors (Lipinski definition) is 1. The highest BCUT2D eigenvalue weighted by atomic mass is 19.4. The maximum atomic E-state index is 11.7. The summed E-state index contributed by atoms with van der Waals surface area (Å²) in [6.07, 6.45) is -4.34. The fourth-order valence-corrected chi connectivity index (χ4v) is 1.02. The predicted octanol–water partition coefficient (Wildman–Crippen LogP) is 0.792.